The van der Waals surface area contributed by atoms with Gasteiger partial charge in [0.25, 0.3) is 0 Å². The molecule has 2 amide bonds. The van der Waals surface area contributed by atoms with E-state index in [9.17, 15) is 9.59 Å². The molecule has 2 aromatic heterocycles. The lowest BCUT2D eigenvalue weighted by molar-refractivity contribution is 0.0208. The molecule has 3 aliphatic rings. The van der Waals surface area contributed by atoms with Crippen LogP contribution in [0.15, 0.2) is 42.6 Å². The van der Waals surface area contributed by atoms with Crippen molar-refractivity contribution in [2.45, 2.75) is 110 Å². The van der Waals surface area contributed by atoms with Gasteiger partial charge in [-0.15, -0.1) is 0 Å². The molecule has 2 atom stereocenters. The van der Waals surface area contributed by atoms with Crippen LogP contribution >= 0.6 is 0 Å². The molecule has 2 fully saturated rings. The first kappa shape index (κ1) is 33.8. The molecule has 2 aromatic carbocycles. The Morgan fingerprint density at radius 2 is 1.38 bits per heavy atom. The number of carbonyl (C=O) groups is 2. The fourth-order valence-electron chi connectivity index (χ4n) is 7.39. The minimum absolute atomic E-state index is 0.144. The molecule has 4 heterocycles. The summed E-state index contributed by atoms with van der Waals surface area (Å²) in [6.45, 7) is 12.4. The maximum atomic E-state index is 15.7. The molecule has 4 aromatic rings. The third kappa shape index (κ3) is 6.87. The first-order valence-electron chi connectivity index (χ1n) is 17.8. The maximum Gasteiger partial charge on any atom is 0.410 e. The number of rotatable bonds is 4. The van der Waals surface area contributed by atoms with Gasteiger partial charge in [-0.3, -0.25) is 9.80 Å². The minimum Gasteiger partial charge on any atom is -0.444 e. The highest BCUT2D eigenvalue weighted by molar-refractivity contribution is 5.76. The summed E-state index contributed by atoms with van der Waals surface area (Å²) in [6, 6.07) is 11.2. The first-order valence-corrected chi connectivity index (χ1v) is 17.8. The van der Waals surface area contributed by atoms with Crippen LogP contribution in [0, 0.1) is 5.82 Å². The molecule has 1 aliphatic carbocycles. The largest absolute Gasteiger partial charge is 0.444 e. The number of amides is 2. The second-order valence-electron chi connectivity index (χ2n) is 15.7. The van der Waals surface area contributed by atoms with Crippen LogP contribution in [-0.4, -0.2) is 66.2 Å². The highest BCUT2D eigenvalue weighted by atomic mass is 19.1. The summed E-state index contributed by atoms with van der Waals surface area (Å²) >= 11 is 0. The molecule has 2 aliphatic heterocycles. The fourth-order valence-corrected chi connectivity index (χ4v) is 7.39. The summed E-state index contributed by atoms with van der Waals surface area (Å²) in [5.41, 5.74) is 5.81. The molecule has 11 heteroatoms. The van der Waals surface area contributed by atoms with Gasteiger partial charge in [-0.05, 0) is 115 Å². The second kappa shape index (κ2) is 12.9. The number of imidazole rings is 2. The van der Waals surface area contributed by atoms with E-state index in [1.54, 1.807) is 28.1 Å². The summed E-state index contributed by atoms with van der Waals surface area (Å²) in [7, 11) is 0. The molecular weight excluding hydrogens is 635 g/mol. The average Bonchev–Trinajstić information content (AvgIpc) is 3.85. The van der Waals surface area contributed by atoms with Crippen molar-refractivity contribution < 1.29 is 23.5 Å². The van der Waals surface area contributed by atoms with Crippen LogP contribution in [0.4, 0.5) is 14.0 Å². The zero-order valence-corrected chi connectivity index (χ0v) is 29.9. The number of halogens is 1. The number of nitrogens with one attached hydrogen (secondary N) is 2. The SMILES string of the molecule is CC(C)(C)OC(=O)N1CCC[C@H]1c1ncc(-c2ccc(-c3ccc4c(c3)CCCc3[nH]c([C@@H]5CCCN5C(=O)OC(C)(C)C)nc3-4)cc2F)[nH]1. The van der Waals surface area contributed by atoms with Crippen LogP contribution in [0.25, 0.3) is 33.6 Å². The highest BCUT2D eigenvalue weighted by Gasteiger charge is 2.37. The van der Waals surface area contributed by atoms with E-state index < -0.39 is 11.2 Å². The number of carbonyl (C=O) groups excluding carboxylic acids is 2. The molecule has 264 valence electrons. The van der Waals surface area contributed by atoms with Crippen molar-refractivity contribution in [1.82, 2.24) is 29.7 Å². The number of H-pyrrole nitrogens is 2. The molecule has 10 nitrogen and oxygen atoms in total. The lowest BCUT2D eigenvalue weighted by Gasteiger charge is -2.27. The second-order valence-corrected chi connectivity index (χ2v) is 15.7. The van der Waals surface area contributed by atoms with E-state index in [2.05, 4.69) is 27.1 Å². The molecule has 2 saturated heterocycles. The van der Waals surface area contributed by atoms with Gasteiger partial charge in [-0.1, -0.05) is 24.3 Å². The molecule has 7 rings (SSSR count). The maximum absolute atomic E-state index is 15.7. The molecule has 0 spiro atoms. The lowest BCUT2D eigenvalue weighted by atomic mass is 9.95. The van der Waals surface area contributed by atoms with Crippen molar-refractivity contribution in [2.24, 2.45) is 0 Å². The number of likely N-dealkylation sites (tertiary alicyclic amines) is 2. The third-order valence-electron chi connectivity index (χ3n) is 9.61. The van der Waals surface area contributed by atoms with Gasteiger partial charge in [0.05, 0.1) is 29.7 Å². The Hall–Kier alpha value is -4.67. The van der Waals surface area contributed by atoms with E-state index in [-0.39, 0.29) is 30.1 Å². The Balaban J connectivity index is 1.10. The summed E-state index contributed by atoms with van der Waals surface area (Å²) in [4.78, 5) is 45.8. The number of aryl methyl sites for hydroxylation is 2. The normalized spacial score (nSPS) is 19.3. The van der Waals surface area contributed by atoms with E-state index in [4.69, 9.17) is 14.5 Å². The van der Waals surface area contributed by atoms with E-state index in [1.807, 2.05) is 53.7 Å². The molecule has 2 N–H and O–H groups in total. The predicted molar refractivity (Wildman–Crippen MR) is 189 cm³/mol. The predicted octanol–water partition coefficient (Wildman–Crippen LogP) is 8.91. The Kier molecular flexibility index (Phi) is 8.72. The van der Waals surface area contributed by atoms with Crippen molar-refractivity contribution in [2.75, 3.05) is 13.1 Å². The number of fused-ring (bicyclic) bond motifs is 3. The van der Waals surface area contributed by atoms with Crippen molar-refractivity contribution in [3.05, 3.63) is 71.3 Å². The van der Waals surface area contributed by atoms with Crippen LogP contribution in [0.3, 0.4) is 0 Å². The summed E-state index contributed by atoms with van der Waals surface area (Å²) in [5.74, 6) is 1.08. The summed E-state index contributed by atoms with van der Waals surface area (Å²) < 4.78 is 27.0. The van der Waals surface area contributed by atoms with Crippen LogP contribution in [0.5, 0.6) is 0 Å². The highest BCUT2D eigenvalue weighted by Crippen LogP contribution is 2.39. The van der Waals surface area contributed by atoms with Crippen LogP contribution < -0.4 is 0 Å². The number of nitrogens with zero attached hydrogens (tertiary/aromatic N) is 4. The van der Waals surface area contributed by atoms with E-state index >= 15 is 4.39 Å². The van der Waals surface area contributed by atoms with Crippen molar-refractivity contribution >= 4 is 12.2 Å². The minimum atomic E-state index is -0.589. The average molecular weight is 683 g/mol. The van der Waals surface area contributed by atoms with Gasteiger partial charge in [0.2, 0.25) is 0 Å². The summed E-state index contributed by atoms with van der Waals surface area (Å²) in [5, 5.41) is 0. The van der Waals surface area contributed by atoms with E-state index in [0.717, 1.165) is 78.8 Å². The summed E-state index contributed by atoms with van der Waals surface area (Å²) in [6.07, 6.45) is 7.01. The van der Waals surface area contributed by atoms with E-state index in [0.29, 0.717) is 30.2 Å². The molecule has 50 heavy (non-hydrogen) atoms. The van der Waals surface area contributed by atoms with Gasteiger partial charge in [0.15, 0.2) is 0 Å². The Morgan fingerprint density at radius 1 is 0.780 bits per heavy atom. The van der Waals surface area contributed by atoms with Gasteiger partial charge in [0, 0.05) is 29.9 Å². The zero-order valence-electron chi connectivity index (χ0n) is 29.9. The zero-order chi connectivity index (χ0) is 35.4. The topological polar surface area (TPSA) is 116 Å². The number of hydrogen-bond donors (Lipinski definition) is 2. The van der Waals surface area contributed by atoms with Gasteiger partial charge in [-0.25, -0.2) is 23.9 Å². The molecule has 0 unspecified atom stereocenters. The Morgan fingerprint density at radius 3 is 2.00 bits per heavy atom. The van der Waals surface area contributed by atoms with Gasteiger partial charge < -0.3 is 19.4 Å². The number of ether oxygens (including phenoxy) is 2. The molecule has 0 radical (unpaired) electrons. The van der Waals surface area contributed by atoms with E-state index in [1.165, 1.54) is 5.56 Å². The lowest BCUT2D eigenvalue weighted by Crippen LogP contribution is -2.36. The molecular formula is C39H47FN6O4. The quantitative estimate of drug-likeness (QED) is 0.222. The van der Waals surface area contributed by atoms with Crippen LogP contribution in [0.1, 0.15) is 109 Å². The van der Waals surface area contributed by atoms with Gasteiger partial charge >= 0.3 is 12.2 Å². The fraction of sp³-hybridized carbons (Fsp3) is 0.487. The Labute approximate surface area is 292 Å². The number of hydrogen-bond acceptors (Lipinski definition) is 6. The smallest absolute Gasteiger partial charge is 0.410 e. The molecule has 0 saturated carbocycles. The Bertz CT molecular complexity index is 1920. The van der Waals surface area contributed by atoms with Crippen LogP contribution in [0.2, 0.25) is 0 Å². The van der Waals surface area contributed by atoms with Crippen molar-refractivity contribution in [3.63, 3.8) is 0 Å². The molecule has 0 bridgehead atoms. The van der Waals surface area contributed by atoms with Crippen LogP contribution in [-0.2, 0) is 22.3 Å². The van der Waals surface area contributed by atoms with Crippen molar-refractivity contribution in [3.8, 4) is 33.6 Å². The standard InChI is InChI=1S/C39H47FN6O4/c1-38(2,3)49-36(47)45-18-8-12-31(45)34-41-22-30(43-34)27-17-15-24(21-28(27)40)23-14-16-26-25(20-23)10-7-11-29-33(26)44-35(42-29)32-13-9-19-46(32)37(48)50-39(4,5)6/h14-17,20-22,31-32H,7-13,18-19H2,1-6H3,(H,41,43)(H,42,44)/t31-,32-/m0/s1. The number of aromatic nitrogens is 4. The monoisotopic (exact) mass is 682 g/mol. The third-order valence-corrected chi connectivity index (χ3v) is 9.61. The number of aromatic amines is 2. The van der Waals surface area contributed by atoms with Gasteiger partial charge in [-0.2, -0.15) is 0 Å². The van der Waals surface area contributed by atoms with Gasteiger partial charge in [0.1, 0.15) is 28.7 Å². The number of benzene rings is 2. The first-order chi connectivity index (χ1) is 23.7. The van der Waals surface area contributed by atoms with Crippen molar-refractivity contribution in [1.29, 1.82) is 0 Å².